The molecule has 0 unspecified atom stereocenters. The summed E-state index contributed by atoms with van der Waals surface area (Å²) in [7, 11) is 1.62. The maximum atomic E-state index is 8.66. The van der Waals surface area contributed by atoms with Crippen LogP contribution in [0.2, 0.25) is 0 Å². The van der Waals surface area contributed by atoms with Crippen LogP contribution in [0.5, 0.6) is 5.75 Å². The lowest BCUT2D eigenvalue weighted by Crippen LogP contribution is -1.84. The van der Waals surface area contributed by atoms with Gasteiger partial charge < -0.3 is 14.9 Å². The maximum absolute atomic E-state index is 8.66. The van der Waals surface area contributed by atoms with Gasteiger partial charge in [0.05, 0.1) is 13.7 Å². The Morgan fingerprint density at radius 1 is 1.15 bits per heavy atom. The van der Waals surface area contributed by atoms with E-state index in [0.717, 1.165) is 11.3 Å². The molecule has 0 radical (unpaired) electrons. The fourth-order valence-electron chi connectivity index (χ4n) is 0.731. The molecule has 0 bridgehead atoms. The first-order valence-corrected chi connectivity index (χ1v) is 4.13. The highest BCUT2D eigenvalue weighted by Crippen LogP contribution is 2.10. The number of ether oxygens (including phenoxy) is 1. The zero-order valence-corrected chi connectivity index (χ0v) is 8.03. The second-order valence-electron chi connectivity index (χ2n) is 2.32. The monoisotopic (exact) mass is 184 g/mol. The highest BCUT2D eigenvalue weighted by atomic mass is 16.5. The number of benzene rings is 1. The van der Waals surface area contributed by atoms with Crippen molar-refractivity contribution in [1.82, 2.24) is 0 Å². The molecule has 1 aromatic rings. The van der Waals surface area contributed by atoms with Crippen LogP contribution < -0.4 is 4.74 Å². The SMILES string of the molecule is CCO.COc1ccc(CO)cc1. The molecule has 13 heavy (non-hydrogen) atoms. The molecule has 0 aliphatic rings. The molecule has 3 heteroatoms. The lowest BCUT2D eigenvalue weighted by atomic mass is 10.2. The van der Waals surface area contributed by atoms with Crippen molar-refractivity contribution in [3.8, 4) is 5.75 Å². The number of methoxy groups -OCH3 is 1. The first kappa shape index (κ1) is 11.9. The standard InChI is InChI=1S/C8H10O2.C2H6O/c1-10-8-4-2-7(6-9)3-5-8;1-2-3/h2-5,9H,6H2,1H3;3H,2H2,1H3. The van der Waals surface area contributed by atoms with Gasteiger partial charge in [-0.05, 0) is 24.6 Å². The van der Waals surface area contributed by atoms with Gasteiger partial charge in [0.15, 0.2) is 0 Å². The normalized spacial score (nSPS) is 8.62. The van der Waals surface area contributed by atoms with Crippen LogP contribution in [0.15, 0.2) is 24.3 Å². The molecule has 0 atom stereocenters. The highest BCUT2D eigenvalue weighted by molar-refractivity contribution is 5.26. The fraction of sp³-hybridized carbons (Fsp3) is 0.400. The topological polar surface area (TPSA) is 49.7 Å². The third kappa shape index (κ3) is 5.22. The largest absolute Gasteiger partial charge is 0.497 e. The van der Waals surface area contributed by atoms with Gasteiger partial charge in [0.2, 0.25) is 0 Å². The summed E-state index contributed by atoms with van der Waals surface area (Å²) >= 11 is 0. The summed E-state index contributed by atoms with van der Waals surface area (Å²) in [4.78, 5) is 0. The molecule has 74 valence electrons. The van der Waals surface area contributed by atoms with Gasteiger partial charge in [-0.2, -0.15) is 0 Å². The van der Waals surface area contributed by atoms with Crippen molar-refractivity contribution in [2.75, 3.05) is 13.7 Å². The molecule has 0 aromatic heterocycles. The Balaban J connectivity index is 0.000000424. The van der Waals surface area contributed by atoms with Crippen LogP contribution in [0.1, 0.15) is 12.5 Å². The van der Waals surface area contributed by atoms with Gasteiger partial charge in [-0.25, -0.2) is 0 Å². The molecule has 1 rings (SSSR count). The van der Waals surface area contributed by atoms with Gasteiger partial charge in [0.1, 0.15) is 5.75 Å². The zero-order chi connectivity index (χ0) is 10.1. The average molecular weight is 184 g/mol. The summed E-state index contributed by atoms with van der Waals surface area (Å²) in [6.07, 6.45) is 0. The van der Waals surface area contributed by atoms with Crippen molar-refractivity contribution < 1.29 is 14.9 Å². The van der Waals surface area contributed by atoms with Crippen molar-refractivity contribution in [2.24, 2.45) is 0 Å². The van der Waals surface area contributed by atoms with Crippen molar-refractivity contribution in [1.29, 1.82) is 0 Å². The Morgan fingerprint density at radius 2 is 1.62 bits per heavy atom. The average Bonchev–Trinajstić information content (AvgIpc) is 2.19. The van der Waals surface area contributed by atoms with Crippen molar-refractivity contribution in [3.63, 3.8) is 0 Å². The third-order valence-corrected chi connectivity index (χ3v) is 1.34. The molecule has 0 amide bonds. The molecule has 0 fully saturated rings. The number of rotatable bonds is 2. The summed E-state index contributed by atoms with van der Waals surface area (Å²) in [5.41, 5.74) is 0.904. The number of aliphatic hydroxyl groups excluding tert-OH is 2. The summed E-state index contributed by atoms with van der Waals surface area (Å²) in [6, 6.07) is 7.31. The molecular formula is C10H16O3. The smallest absolute Gasteiger partial charge is 0.118 e. The maximum Gasteiger partial charge on any atom is 0.118 e. The molecule has 0 spiro atoms. The molecule has 1 aromatic carbocycles. The fourth-order valence-corrected chi connectivity index (χ4v) is 0.731. The number of aliphatic hydroxyl groups is 2. The van der Waals surface area contributed by atoms with Crippen LogP contribution in [0, 0.1) is 0 Å². The van der Waals surface area contributed by atoms with E-state index in [1.807, 2.05) is 24.3 Å². The van der Waals surface area contributed by atoms with Gasteiger partial charge in [-0.3, -0.25) is 0 Å². The summed E-state index contributed by atoms with van der Waals surface area (Å²) < 4.78 is 4.93. The second kappa shape index (κ2) is 7.58. The summed E-state index contributed by atoms with van der Waals surface area (Å²) in [6.45, 7) is 2.02. The van der Waals surface area contributed by atoms with Gasteiger partial charge in [0, 0.05) is 6.61 Å². The van der Waals surface area contributed by atoms with E-state index in [0.29, 0.717) is 0 Å². The predicted molar refractivity (Wildman–Crippen MR) is 51.7 cm³/mol. The van der Waals surface area contributed by atoms with Gasteiger partial charge >= 0.3 is 0 Å². The quantitative estimate of drug-likeness (QED) is 0.725. The van der Waals surface area contributed by atoms with Crippen molar-refractivity contribution in [2.45, 2.75) is 13.5 Å². The Morgan fingerprint density at radius 3 is 1.92 bits per heavy atom. The Bertz CT molecular complexity index is 183. The van der Waals surface area contributed by atoms with Gasteiger partial charge in [-0.1, -0.05) is 12.1 Å². The van der Waals surface area contributed by atoms with E-state index in [4.69, 9.17) is 14.9 Å². The van der Waals surface area contributed by atoms with Crippen LogP contribution in [0.25, 0.3) is 0 Å². The molecule has 0 heterocycles. The van der Waals surface area contributed by atoms with Crippen LogP contribution in [-0.2, 0) is 6.61 Å². The van der Waals surface area contributed by atoms with Crippen LogP contribution in [0.3, 0.4) is 0 Å². The number of hydrogen-bond acceptors (Lipinski definition) is 3. The van der Waals surface area contributed by atoms with E-state index >= 15 is 0 Å². The zero-order valence-electron chi connectivity index (χ0n) is 8.03. The van der Waals surface area contributed by atoms with Gasteiger partial charge in [0.25, 0.3) is 0 Å². The summed E-state index contributed by atoms with van der Waals surface area (Å²) in [5, 5.41) is 16.2. The number of hydrogen-bond donors (Lipinski definition) is 2. The van der Waals surface area contributed by atoms with Crippen molar-refractivity contribution >= 4 is 0 Å². The van der Waals surface area contributed by atoms with E-state index in [2.05, 4.69) is 0 Å². The minimum absolute atomic E-state index is 0.0873. The first-order chi connectivity index (χ1) is 6.28. The molecule has 2 N–H and O–H groups in total. The lowest BCUT2D eigenvalue weighted by molar-refractivity contribution is 0.281. The van der Waals surface area contributed by atoms with Crippen LogP contribution in [-0.4, -0.2) is 23.9 Å². The first-order valence-electron chi connectivity index (χ1n) is 4.13. The van der Waals surface area contributed by atoms with Crippen LogP contribution >= 0.6 is 0 Å². The molecule has 0 saturated carbocycles. The minimum Gasteiger partial charge on any atom is -0.497 e. The van der Waals surface area contributed by atoms with E-state index in [-0.39, 0.29) is 13.2 Å². The highest BCUT2D eigenvalue weighted by Gasteiger charge is 1.89. The third-order valence-electron chi connectivity index (χ3n) is 1.34. The Kier molecular flexibility index (Phi) is 6.96. The summed E-state index contributed by atoms with van der Waals surface area (Å²) in [5.74, 6) is 0.817. The van der Waals surface area contributed by atoms with E-state index in [9.17, 15) is 0 Å². The predicted octanol–water partition coefficient (Wildman–Crippen LogP) is 1.19. The molecular weight excluding hydrogens is 168 g/mol. The van der Waals surface area contributed by atoms with E-state index in [1.54, 1.807) is 14.0 Å². The van der Waals surface area contributed by atoms with E-state index in [1.165, 1.54) is 0 Å². The molecule has 3 nitrogen and oxygen atoms in total. The Hall–Kier alpha value is -1.06. The minimum atomic E-state index is 0.0873. The van der Waals surface area contributed by atoms with Crippen LogP contribution in [0.4, 0.5) is 0 Å². The molecule has 0 saturated heterocycles. The second-order valence-corrected chi connectivity index (χ2v) is 2.32. The molecule has 0 aliphatic carbocycles. The van der Waals surface area contributed by atoms with Crippen molar-refractivity contribution in [3.05, 3.63) is 29.8 Å². The lowest BCUT2D eigenvalue weighted by Gasteiger charge is -1.98. The Labute approximate surface area is 78.6 Å². The van der Waals surface area contributed by atoms with Gasteiger partial charge in [-0.15, -0.1) is 0 Å². The van der Waals surface area contributed by atoms with E-state index < -0.39 is 0 Å². The molecule has 0 aliphatic heterocycles.